The van der Waals surface area contributed by atoms with Gasteiger partial charge in [-0.15, -0.1) is 0 Å². The second-order valence-corrected chi connectivity index (χ2v) is 16.6. The first-order valence-electron chi connectivity index (χ1n) is 19.0. The number of hydrogen-bond donors (Lipinski definition) is 4. The molecule has 4 amide bonds. The number of imide groups is 1. The lowest BCUT2D eigenvalue weighted by Gasteiger charge is -2.42. The molecule has 0 aromatic rings. The van der Waals surface area contributed by atoms with Gasteiger partial charge in [0.05, 0.1) is 6.10 Å². The number of Topliss-reactive ketones (excluding diaryl/α,β-unsaturated/α-hetero) is 1. The topological polar surface area (TPSA) is 170 Å². The minimum Gasteiger partial charge on any atom is -0.480 e. The van der Waals surface area contributed by atoms with Gasteiger partial charge in [0.15, 0.2) is 0 Å². The number of carbonyl (C=O) groups excluding carboxylic acids is 5. The first-order chi connectivity index (χ1) is 23.6. The Labute approximate surface area is 304 Å². The molecule has 1 aliphatic carbocycles. The van der Waals surface area contributed by atoms with Crippen molar-refractivity contribution < 1.29 is 39.0 Å². The van der Waals surface area contributed by atoms with E-state index in [4.69, 9.17) is 5.11 Å². The summed E-state index contributed by atoms with van der Waals surface area (Å²) in [5.41, 5.74) is -0.566. The summed E-state index contributed by atoms with van der Waals surface area (Å²) in [6.07, 6.45) is 13.9. The van der Waals surface area contributed by atoms with E-state index in [1.807, 2.05) is 27.0 Å². The van der Waals surface area contributed by atoms with Crippen LogP contribution >= 0.6 is 11.8 Å². The molecule has 0 aromatic carbocycles. The van der Waals surface area contributed by atoms with Gasteiger partial charge >= 0.3 is 5.97 Å². The summed E-state index contributed by atoms with van der Waals surface area (Å²) in [6, 6.07) is -1.76. The summed E-state index contributed by atoms with van der Waals surface area (Å²) in [5.74, 6) is -1.67. The summed E-state index contributed by atoms with van der Waals surface area (Å²) < 4.78 is 0. The van der Waals surface area contributed by atoms with E-state index in [0.717, 1.165) is 70.6 Å². The summed E-state index contributed by atoms with van der Waals surface area (Å²) in [5, 5.41) is 25.2. The Balaban J connectivity index is 1.60. The molecule has 0 spiro atoms. The molecule has 12 heteroatoms. The zero-order valence-electron chi connectivity index (χ0n) is 31.5. The molecule has 11 nitrogen and oxygen atoms in total. The predicted octanol–water partition coefficient (Wildman–Crippen LogP) is 5.65. The Hall–Kier alpha value is -2.47. The smallest absolute Gasteiger partial charge is 0.325 e. The molecule has 2 fully saturated rings. The highest BCUT2D eigenvalue weighted by molar-refractivity contribution is 7.98. The fourth-order valence-corrected chi connectivity index (χ4v) is 8.12. The Bertz CT molecular complexity index is 1130. The van der Waals surface area contributed by atoms with Crippen LogP contribution in [-0.4, -0.2) is 86.2 Å². The molecule has 0 aromatic heterocycles. The van der Waals surface area contributed by atoms with Gasteiger partial charge in [-0.1, -0.05) is 65.2 Å². The number of unbranched alkanes of at least 4 members (excludes halogenated alkanes) is 8. The van der Waals surface area contributed by atoms with Crippen LogP contribution in [0.15, 0.2) is 0 Å². The van der Waals surface area contributed by atoms with Crippen LogP contribution in [0.2, 0.25) is 0 Å². The lowest BCUT2D eigenvalue weighted by atomic mass is 9.71. The summed E-state index contributed by atoms with van der Waals surface area (Å²) in [7, 11) is 0. The maximum atomic E-state index is 13.2. The van der Waals surface area contributed by atoms with E-state index in [1.165, 1.54) is 11.8 Å². The van der Waals surface area contributed by atoms with Crippen molar-refractivity contribution in [3.05, 3.63) is 0 Å². The fraction of sp³-hybridized carbons (Fsp3) is 0.842. The van der Waals surface area contributed by atoms with Crippen LogP contribution in [-0.2, 0) is 28.8 Å². The van der Waals surface area contributed by atoms with Gasteiger partial charge in [0.25, 0.3) is 0 Å². The summed E-state index contributed by atoms with van der Waals surface area (Å²) in [4.78, 5) is 76.4. The van der Waals surface area contributed by atoms with Gasteiger partial charge in [0.2, 0.25) is 23.6 Å². The van der Waals surface area contributed by atoms with Crippen molar-refractivity contribution in [3.8, 4) is 0 Å². The number of amides is 4. The highest BCUT2D eigenvalue weighted by atomic mass is 32.2. The van der Waals surface area contributed by atoms with Gasteiger partial charge < -0.3 is 20.8 Å². The molecule has 286 valence electrons. The van der Waals surface area contributed by atoms with Crippen LogP contribution in [0.4, 0.5) is 0 Å². The predicted molar refractivity (Wildman–Crippen MR) is 196 cm³/mol. The van der Waals surface area contributed by atoms with E-state index in [0.29, 0.717) is 37.4 Å². The number of carboxylic acid groups (broad SMARTS) is 1. The maximum Gasteiger partial charge on any atom is 0.325 e. The van der Waals surface area contributed by atoms with Crippen LogP contribution < -0.4 is 10.6 Å². The van der Waals surface area contributed by atoms with Gasteiger partial charge in [-0.05, 0) is 83.1 Å². The molecule has 4 unspecified atom stereocenters. The molecule has 2 rings (SSSR count). The lowest BCUT2D eigenvalue weighted by molar-refractivity contribution is -0.157. The van der Waals surface area contributed by atoms with E-state index >= 15 is 0 Å². The number of ketones is 1. The zero-order valence-corrected chi connectivity index (χ0v) is 32.3. The van der Waals surface area contributed by atoms with E-state index in [2.05, 4.69) is 17.6 Å². The van der Waals surface area contributed by atoms with Crippen LogP contribution in [0.5, 0.6) is 0 Å². The van der Waals surface area contributed by atoms with Gasteiger partial charge in [-0.3, -0.25) is 33.7 Å². The number of piperidine rings is 1. The third-order valence-electron chi connectivity index (χ3n) is 10.5. The minimum atomic E-state index is -1.12. The monoisotopic (exact) mass is 723 g/mol. The van der Waals surface area contributed by atoms with E-state index in [1.54, 1.807) is 11.8 Å². The molecular weight excluding hydrogens is 658 g/mol. The van der Waals surface area contributed by atoms with Crippen LogP contribution in [0.3, 0.4) is 0 Å². The van der Waals surface area contributed by atoms with E-state index in [-0.39, 0.29) is 48.2 Å². The Kier molecular flexibility index (Phi) is 19.0. The van der Waals surface area contributed by atoms with Crippen molar-refractivity contribution in [2.45, 2.75) is 167 Å². The van der Waals surface area contributed by atoms with Crippen LogP contribution in [0, 0.1) is 23.7 Å². The van der Waals surface area contributed by atoms with E-state index in [9.17, 15) is 33.9 Å². The van der Waals surface area contributed by atoms with Crippen LogP contribution in [0.1, 0.15) is 144 Å². The van der Waals surface area contributed by atoms with Crippen molar-refractivity contribution in [2.75, 3.05) is 12.0 Å². The first kappa shape index (κ1) is 43.7. The van der Waals surface area contributed by atoms with Gasteiger partial charge in [-0.25, -0.2) is 0 Å². The molecular formula is C38H65N3O8S. The van der Waals surface area contributed by atoms with Crippen molar-refractivity contribution in [1.82, 2.24) is 15.5 Å². The number of aliphatic carboxylic acids is 1. The normalized spacial score (nSPS) is 22.3. The number of carbonyl (C=O) groups is 6. The number of aliphatic hydroxyl groups excluding tert-OH is 1. The van der Waals surface area contributed by atoms with Gasteiger partial charge in [0, 0.05) is 36.6 Å². The first-order valence-corrected chi connectivity index (χ1v) is 20.4. The maximum absolute atomic E-state index is 13.2. The molecule has 1 saturated heterocycles. The Morgan fingerprint density at radius 3 is 2.02 bits per heavy atom. The Morgan fingerprint density at radius 2 is 1.46 bits per heavy atom. The molecule has 6 atom stereocenters. The molecule has 1 heterocycles. The summed E-state index contributed by atoms with van der Waals surface area (Å²) >= 11 is 1.56. The number of rotatable bonds is 23. The standard InChI is InChI=1S/C38H65N3O8S/c1-25-20-26(2)35(46)29(21-25)31(42)22-28-23-33(44)41(34(45)24-28)38(4,5)18-15-13-11-9-7-8-10-12-14-16-32(43)40-30(17-19-50-6)36(47)39-27(3)37(48)49/h25-31,42H,7-24H2,1-6H3,(H,39,47)(H,40,43)(H,48,49)/t25-,26-,27?,29?,30?,31?/m0/s1. The lowest BCUT2D eigenvalue weighted by Crippen LogP contribution is -2.55. The van der Waals surface area contributed by atoms with Crippen molar-refractivity contribution in [3.63, 3.8) is 0 Å². The van der Waals surface area contributed by atoms with Crippen molar-refractivity contribution in [2.24, 2.45) is 23.7 Å². The highest BCUT2D eigenvalue weighted by Crippen LogP contribution is 2.37. The summed E-state index contributed by atoms with van der Waals surface area (Å²) in [6.45, 7) is 9.34. The highest BCUT2D eigenvalue weighted by Gasteiger charge is 2.43. The van der Waals surface area contributed by atoms with E-state index < -0.39 is 41.5 Å². The second kappa shape index (κ2) is 21.8. The van der Waals surface area contributed by atoms with Crippen molar-refractivity contribution >= 4 is 47.1 Å². The molecule has 1 saturated carbocycles. The SMILES string of the molecule is CSCCC(NC(=O)CCCCCCCCCCCC(C)(C)N1C(=O)CC(CC(O)C2C[C@@H](C)C[C@H](C)C2=O)CC1=O)C(=O)NC(C)C(=O)O. The molecule has 50 heavy (non-hydrogen) atoms. The van der Waals surface area contributed by atoms with Crippen molar-refractivity contribution in [1.29, 1.82) is 0 Å². The average Bonchev–Trinajstić information content (AvgIpc) is 3.02. The molecule has 0 radical (unpaired) electrons. The number of thioether (sulfide) groups is 1. The third kappa shape index (κ3) is 14.6. The molecule has 2 aliphatic rings. The number of nitrogens with one attached hydrogen (secondary N) is 2. The fourth-order valence-electron chi connectivity index (χ4n) is 7.65. The molecule has 4 N–H and O–H groups in total. The number of nitrogens with zero attached hydrogens (tertiary/aromatic N) is 1. The van der Waals surface area contributed by atoms with Gasteiger partial charge in [-0.2, -0.15) is 11.8 Å². The molecule has 1 aliphatic heterocycles. The number of hydrogen-bond acceptors (Lipinski definition) is 8. The Morgan fingerprint density at radius 1 is 0.900 bits per heavy atom. The third-order valence-corrected chi connectivity index (χ3v) is 11.2. The number of carboxylic acids is 1. The zero-order chi connectivity index (χ0) is 37.4. The minimum absolute atomic E-state index is 0.0569. The largest absolute Gasteiger partial charge is 0.480 e. The second-order valence-electron chi connectivity index (χ2n) is 15.7. The number of aliphatic hydroxyl groups is 1. The quantitative estimate of drug-likeness (QED) is 0.0769. The molecule has 0 bridgehead atoms. The number of likely N-dealkylation sites (tertiary alicyclic amines) is 1. The van der Waals surface area contributed by atoms with Crippen LogP contribution in [0.25, 0.3) is 0 Å². The average molecular weight is 724 g/mol. The van der Waals surface area contributed by atoms with Gasteiger partial charge in [0.1, 0.15) is 17.9 Å².